The van der Waals surface area contributed by atoms with E-state index in [1.165, 1.54) is 35.6 Å². The summed E-state index contributed by atoms with van der Waals surface area (Å²) in [4.78, 5) is 0. The van der Waals surface area contributed by atoms with Gasteiger partial charge in [-0.05, 0) is 42.5 Å². The number of benzene rings is 2. The minimum absolute atomic E-state index is 1.18. The molecule has 0 aliphatic carbocycles. The van der Waals surface area contributed by atoms with E-state index in [4.69, 9.17) is 0 Å². The van der Waals surface area contributed by atoms with Crippen LogP contribution in [0, 0.1) is 0 Å². The molecule has 0 spiro atoms. The molecule has 2 rings (SSSR count). The lowest BCUT2D eigenvalue weighted by Gasteiger charge is -2.02. The largest absolute Gasteiger partial charge is 0.0917 e. The molecule has 0 amide bonds. The summed E-state index contributed by atoms with van der Waals surface area (Å²) in [6.45, 7) is 2.08. The van der Waals surface area contributed by atoms with Gasteiger partial charge in [0.05, 0.1) is 0 Å². The number of aryl methyl sites for hydroxylation is 1. The third-order valence-electron chi connectivity index (χ3n) is 2.89. The summed E-state index contributed by atoms with van der Waals surface area (Å²) in [7, 11) is 0. The topological polar surface area (TPSA) is 0 Å². The Morgan fingerprint density at radius 2 is 1.81 bits per heavy atom. The maximum absolute atomic E-state index is 2.31. The zero-order valence-electron chi connectivity index (χ0n) is 9.82. The Bertz CT molecular complexity index is 480. The van der Waals surface area contributed by atoms with Crippen molar-refractivity contribution in [2.24, 2.45) is 0 Å². The lowest BCUT2D eigenvalue weighted by Crippen LogP contribution is -1.84. The van der Waals surface area contributed by atoms with Crippen LogP contribution in [0.2, 0.25) is 0 Å². The van der Waals surface area contributed by atoms with E-state index >= 15 is 0 Å². The average molecular weight is 210 g/mol. The highest BCUT2D eigenvalue weighted by Gasteiger charge is 1.95. The van der Waals surface area contributed by atoms with Gasteiger partial charge in [0.1, 0.15) is 0 Å². The summed E-state index contributed by atoms with van der Waals surface area (Å²) in [6.07, 6.45) is 7.96. The molecule has 0 aliphatic rings. The van der Waals surface area contributed by atoms with Gasteiger partial charge in [0.15, 0.2) is 0 Å². The SMILES string of the molecule is C/C=C/CCCc1ccc2ccccc2c1. The molecule has 0 heteroatoms. The maximum Gasteiger partial charge on any atom is -0.0181 e. The maximum atomic E-state index is 2.31. The first kappa shape index (κ1) is 10.9. The highest BCUT2D eigenvalue weighted by molar-refractivity contribution is 5.82. The minimum atomic E-state index is 1.18. The lowest BCUT2D eigenvalue weighted by atomic mass is 10.0. The molecule has 0 fully saturated rings. The van der Waals surface area contributed by atoms with E-state index in [-0.39, 0.29) is 0 Å². The van der Waals surface area contributed by atoms with Crippen molar-refractivity contribution in [3.05, 3.63) is 60.2 Å². The molecule has 0 saturated carbocycles. The van der Waals surface area contributed by atoms with Crippen LogP contribution in [0.5, 0.6) is 0 Å². The summed E-state index contributed by atoms with van der Waals surface area (Å²) < 4.78 is 0. The molecule has 0 nitrogen and oxygen atoms in total. The molecular weight excluding hydrogens is 192 g/mol. The molecule has 2 aromatic carbocycles. The molecule has 0 bridgehead atoms. The van der Waals surface area contributed by atoms with Crippen LogP contribution in [0.1, 0.15) is 25.3 Å². The van der Waals surface area contributed by atoms with E-state index in [1.807, 2.05) is 0 Å². The van der Waals surface area contributed by atoms with Crippen molar-refractivity contribution in [3.63, 3.8) is 0 Å². The van der Waals surface area contributed by atoms with Gasteiger partial charge in [-0.25, -0.2) is 0 Å². The van der Waals surface area contributed by atoms with Crippen LogP contribution in [0.4, 0.5) is 0 Å². The first-order chi connectivity index (χ1) is 7.90. The quantitative estimate of drug-likeness (QED) is 0.505. The molecule has 0 atom stereocenters. The van der Waals surface area contributed by atoms with Crippen LogP contribution in [0.25, 0.3) is 10.8 Å². The van der Waals surface area contributed by atoms with Crippen molar-refractivity contribution in [2.75, 3.05) is 0 Å². The Hall–Kier alpha value is -1.56. The van der Waals surface area contributed by atoms with Gasteiger partial charge in [0.2, 0.25) is 0 Å². The molecule has 16 heavy (non-hydrogen) atoms. The molecule has 0 saturated heterocycles. The van der Waals surface area contributed by atoms with E-state index in [2.05, 4.69) is 61.5 Å². The molecule has 0 unspecified atom stereocenters. The first-order valence-electron chi connectivity index (χ1n) is 5.99. The minimum Gasteiger partial charge on any atom is -0.0917 e. The second kappa shape index (κ2) is 5.50. The van der Waals surface area contributed by atoms with Crippen molar-refractivity contribution in [2.45, 2.75) is 26.2 Å². The van der Waals surface area contributed by atoms with Crippen LogP contribution in [-0.4, -0.2) is 0 Å². The second-order valence-corrected chi connectivity index (χ2v) is 4.14. The molecule has 82 valence electrons. The van der Waals surface area contributed by atoms with Crippen molar-refractivity contribution in [1.29, 1.82) is 0 Å². The van der Waals surface area contributed by atoms with Crippen molar-refractivity contribution < 1.29 is 0 Å². The average Bonchev–Trinajstić information content (AvgIpc) is 2.34. The summed E-state index contributed by atoms with van der Waals surface area (Å²) in [5.41, 5.74) is 1.45. The number of allylic oxidation sites excluding steroid dienone is 2. The second-order valence-electron chi connectivity index (χ2n) is 4.14. The van der Waals surface area contributed by atoms with Gasteiger partial charge in [0.25, 0.3) is 0 Å². The Morgan fingerprint density at radius 3 is 2.62 bits per heavy atom. The highest BCUT2D eigenvalue weighted by atomic mass is 14.0. The Morgan fingerprint density at radius 1 is 1.00 bits per heavy atom. The normalized spacial score (nSPS) is 11.3. The van der Waals surface area contributed by atoms with E-state index in [0.29, 0.717) is 0 Å². The van der Waals surface area contributed by atoms with E-state index in [0.717, 1.165) is 0 Å². The molecule has 0 N–H and O–H groups in total. The Balaban J connectivity index is 2.07. The zero-order chi connectivity index (χ0) is 11.2. The van der Waals surface area contributed by atoms with Gasteiger partial charge < -0.3 is 0 Å². The number of hydrogen-bond acceptors (Lipinski definition) is 0. The van der Waals surface area contributed by atoms with Crippen LogP contribution in [-0.2, 0) is 6.42 Å². The zero-order valence-corrected chi connectivity index (χ0v) is 9.82. The Labute approximate surface area is 97.6 Å². The smallest absolute Gasteiger partial charge is 0.0181 e. The first-order valence-corrected chi connectivity index (χ1v) is 5.99. The molecular formula is C16H18. The Kier molecular flexibility index (Phi) is 3.76. The number of hydrogen-bond donors (Lipinski definition) is 0. The van der Waals surface area contributed by atoms with Crippen molar-refractivity contribution in [1.82, 2.24) is 0 Å². The standard InChI is InChI=1S/C16H18/c1-2-3-4-5-8-14-11-12-15-9-6-7-10-16(15)13-14/h2-3,6-7,9-13H,4-5,8H2,1H3/b3-2+. The van der Waals surface area contributed by atoms with Gasteiger partial charge in [-0.2, -0.15) is 0 Å². The number of fused-ring (bicyclic) bond motifs is 1. The number of unbranched alkanes of at least 4 members (excludes halogenated alkanes) is 1. The molecule has 0 heterocycles. The molecule has 0 radical (unpaired) electrons. The van der Waals surface area contributed by atoms with Crippen LogP contribution in [0.3, 0.4) is 0 Å². The van der Waals surface area contributed by atoms with E-state index in [1.54, 1.807) is 0 Å². The third-order valence-corrected chi connectivity index (χ3v) is 2.89. The van der Waals surface area contributed by atoms with Crippen molar-refractivity contribution in [3.8, 4) is 0 Å². The van der Waals surface area contributed by atoms with Gasteiger partial charge in [0, 0.05) is 0 Å². The fraction of sp³-hybridized carbons (Fsp3) is 0.250. The summed E-state index contributed by atoms with van der Waals surface area (Å²) in [6, 6.07) is 15.3. The van der Waals surface area contributed by atoms with Gasteiger partial charge in [-0.3, -0.25) is 0 Å². The van der Waals surface area contributed by atoms with E-state index in [9.17, 15) is 0 Å². The summed E-state index contributed by atoms with van der Waals surface area (Å²) >= 11 is 0. The van der Waals surface area contributed by atoms with Crippen LogP contribution < -0.4 is 0 Å². The van der Waals surface area contributed by atoms with Crippen molar-refractivity contribution >= 4 is 10.8 Å². The van der Waals surface area contributed by atoms with Gasteiger partial charge >= 0.3 is 0 Å². The summed E-state index contributed by atoms with van der Waals surface area (Å²) in [5.74, 6) is 0. The predicted octanol–water partition coefficient (Wildman–Crippen LogP) is 4.74. The van der Waals surface area contributed by atoms with Crippen LogP contribution >= 0.6 is 0 Å². The monoisotopic (exact) mass is 210 g/mol. The lowest BCUT2D eigenvalue weighted by molar-refractivity contribution is 0.843. The fourth-order valence-electron chi connectivity index (χ4n) is 1.98. The fourth-order valence-corrected chi connectivity index (χ4v) is 1.98. The van der Waals surface area contributed by atoms with Crippen LogP contribution in [0.15, 0.2) is 54.6 Å². The number of rotatable bonds is 4. The third kappa shape index (κ3) is 2.73. The molecule has 0 aliphatic heterocycles. The predicted molar refractivity (Wildman–Crippen MR) is 71.7 cm³/mol. The highest BCUT2D eigenvalue weighted by Crippen LogP contribution is 2.16. The van der Waals surface area contributed by atoms with Gasteiger partial charge in [-0.15, -0.1) is 0 Å². The summed E-state index contributed by atoms with van der Waals surface area (Å²) in [5, 5.41) is 2.69. The van der Waals surface area contributed by atoms with E-state index < -0.39 is 0 Å². The van der Waals surface area contributed by atoms with Gasteiger partial charge in [-0.1, -0.05) is 54.6 Å². The molecule has 0 aromatic heterocycles. The molecule has 2 aromatic rings.